The van der Waals surface area contributed by atoms with Crippen LogP contribution in [0.3, 0.4) is 0 Å². The summed E-state index contributed by atoms with van der Waals surface area (Å²) in [6.07, 6.45) is 1.24. The fourth-order valence-corrected chi connectivity index (χ4v) is 1.21. The van der Waals surface area contributed by atoms with Crippen LogP contribution in [0.1, 0.15) is 41.0 Å². The van der Waals surface area contributed by atoms with Gasteiger partial charge in [0.2, 0.25) is 0 Å². The maximum atomic E-state index is 5.58. The predicted molar refractivity (Wildman–Crippen MR) is 58.0 cm³/mol. The highest BCUT2D eigenvalue weighted by Gasteiger charge is 2.16. The third kappa shape index (κ3) is 7.03. The van der Waals surface area contributed by atoms with Gasteiger partial charge in [0, 0.05) is 13.2 Å². The first-order valence-corrected chi connectivity index (χ1v) is 5.36. The van der Waals surface area contributed by atoms with Crippen LogP contribution in [0.2, 0.25) is 0 Å². The molecule has 80 valence electrons. The molecule has 0 saturated carbocycles. The molecule has 0 rings (SSSR count). The molecule has 2 heteroatoms. The van der Waals surface area contributed by atoms with Crippen molar-refractivity contribution >= 4 is 0 Å². The molecular weight excluding hydrogens is 162 g/mol. The van der Waals surface area contributed by atoms with E-state index >= 15 is 0 Å². The SMILES string of the molecule is CCOC(C)(C)CNCC(C)CC. The van der Waals surface area contributed by atoms with Crippen LogP contribution in [-0.2, 0) is 4.74 Å². The van der Waals surface area contributed by atoms with Gasteiger partial charge in [-0.15, -0.1) is 0 Å². The van der Waals surface area contributed by atoms with Crippen molar-refractivity contribution in [2.24, 2.45) is 5.92 Å². The molecule has 0 aliphatic rings. The van der Waals surface area contributed by atoms with Crippen molar-refractivity contribution in [1.82, 2.24) is 5.32 Å². The van der Waals surface area contributed by atoms with Gasteiger partial charge in [-0.05, 0) is 33.2 Å². The van der Waals surface area contributed by atoms with Crippen molar-refractivity contribution in [2.75, 3.05) is 19.7 Å². The summed E-state index contributed by atoms with van der Waals surface area (Å²) in [5.41, 5.74) is -0.0256. The molecule has 0 aromatic rings. The molecule has 0 amide bonds. The van der Waals surface area contributed by atoms with Crippen molar-refractivity contribution < 1.29 is 4.74 Å². The van der Waals surface area contributed by atoms with E-state index in [1.807, 2.05) is 6.92 Å². The van der Waals surface area contributed by atoms with Crippen molar-refractivity contribution in [3.05, 3.63) is 0 Å². The Hall–Kier alpha value is -0.0800. The summed E-state index contributed by atoms with van der Waals surface area (Å²) in [5.74, 6) is 0.762. The van der Waals surface area contributed by atoms with Crippen molar-refractivity contribution in [3.8, 4) is 0 Å². The highest BCUT2D eigenvalue weighted by Crippen LogP contribution is 2.07. The third-order valence-electron chi connectivity index (χ3n) is 2.28. The lowest BCUT2D eigenvalue weighted by Crippen LogP contribution is -2.39. The van der Waals surface area contributed by atoms with Crippen LogP contribution in [0.15, 0.2) is 0 Å². The van der Waals surface area contributed by atoms with E-state index in [9.17, 15) is 0 Å². The average Bonchev–Trinajstić information content (AvgIpc) is 2.03. The molecule has 0 bridgehead atoms. The quantitative estimate of drug-likeness (QED) is 0.661. The van der Waals surface area contributed by atoms with Gasteiger partial charge >= 0.3 is 0 Å². The van der Waals surface area contributed by atoms with Crippen LogP contribution in [0.4, 0.5) is 0 Å². The Morgan fingerprint density at radius 3 is 2.38 bits per heavy atom. The number of rotatable bonds is 7. The van der Waals surface area contributed by atoms with Crippen LogP contribution < -0.4 is 5.32 Å². The molecule has 0 spiro atoms. The lowest BCUT2D eigenvalue weighted by molar-refractivity contribution is -0.00914. The van der Waals surface area contributed by atoms with Crippen LogP contribution in [0, 0.1) is 5.92 Å². The number of hydrogen-bond acceptors (Lipinski definition) is 2. The minimum Gasteiger partial charge on any atom is -0.375 e. The summed E-state index contributed by atoms with van der Waals surface area (Å²) >= 11 is 0. The zero-order valence-electron chi connectivity index (χ0n) is 9.81. The molecule has 0 aromatic carbocycles. The van der Waals surface area contributed by atoms with E-state index in [-0.39, 0.29) is 5.60 Å². The van der Waals surface area contributed by atoms with E-state index in [0.29, 0.717) is 0 Å². The molecule has 1 N–H and O–H groups in total. The van der Waals surface area contributed by atoms with Gasteiger partial charge in [0.1, 0.15) is 0 Å². The summed E-state index contributed by atoms with van der Waals surface area (Å²) < 4.78 is 5.58. The Morgan fingerprint density at radius 2 is 1.92 bits per heavy atom. The van der Waals surface area contributed by atoms with Crippen LogP contribution in [0.25, 0.3) is 0 Å². The maximum Gasteiger partial charge on any atom is 0.0750 e. The molecule has 0 fully saturated rings. The second-order valence-electron chi connectivity index (χ2n) is 4.34. The van der Waals surface area contributed by atoms with Gasteiger partial charge in [-0.1, -0.05) is 20.3 Å². The average molecular weight is 187 g/mol. The van der Waals surface area contributed by atoms with Gasteiger partial charge in [-0.2, -0.15) is 0 Å². The molecule has 0 aliphatic heterocycles. The Balaban J connectivity index is 3.50. The second-order valence-corrected chi connectivity index (χ2v) is 4.34. The Kier molecular flexibility index (Phi) is 6.35. The highest BCUT2D eigenvalue weighted by molar-refractivity contribution is 4.72. The lowest BCUT2D eigenvalue weighted by atomic mass is 10.1. The normalized spacial score (nSPS) is 14.5. The van der Waals surface area contributed by atoms with Crippen LogP contribution >= 0.6 is 0 Å². The molecule has 0 heterocycles. The first kappa shape index (κ1) is 12.9. The van der Waals surface area contributed by atoms with Gasteiger partial charge in [0.25, 0.3) is 0 Å². The van der Waals surface area contributed by atoms with E-state index in [0.717, 1.165) is 25.6 Å². The third-order valence-corrected chi connectivity index (χ3v) is 2.28. The summed E-state index contributed by atoms with van der Waals surface area (Å²) in [5, 5.41) is 3.44. The fraction of sp³-hybridized carbons (Fsp3) is 1.00. The molecule has 13 heavy (non-hydrogen) atoms. The zero-order valence-corrected chi connectivity index (χ0v) is 9.81. The van der Waals surface area contributed by atoms with Crippen LogP contribution in [-0.4, -0.2) is 25.3 Å². The summed E-state index contributed by atoms with van der Waals surface area (Å²) in [6, 6.07) is 0. The molecule has 2 nitrogen and oxygen atoms in total. The number of hydrogen-bond donors (Lipinski definition) is 1. The molecule has 1 atom stereocenters. The van der Waals surface area contributed by atoms with Crippen molar-refractivity contribution in [1.29, 1.82) is 0 Å². The molecule has 0 saturated heterocycles. The van der Waals surface area contributed by atoms with Gasteiger partial charge in [-0.25, -0.2) is 0 Å². The fourth-order valence-electron chi connectivity index (χ4n) is 1.21. The minimum atomic E-state index is -0.0256. The van der Waals surface area contributed by atoms with Gasteiger partial charge in [-0.3, -0.25) is 0 Å². The van der Waals surface area contributed by atoms with Crippen LogP contribution in [0.5, 0.6) is 0 Å². The molecule has 0 radical (unpaired) electrons. The lowest BCUT2D eigenvalue weighted by Gasteiger charge is -2.25. The smallest absolute Gasteiger partial charge is 0.0750 e. The summed E-state index contributed by atoms with van der Waals surface area (Å²) in [6.45, 7) is 13.6. The number of ether oxygens (including phenoxy) is 1. The Bertz CT molecular complexity index is 123. The highest BCUT2D eigenvalue weighted by atomic mass is 16.5. The van der Waals surface area contributed by atoms with E-state index in [1.54, 1.807) is 0 Å². The molecule has 1 unspecified atom stereocenters. The van der Waals surface area contributed by atoms with E-state index < -0.39 is 0 Å². The Morgan fingerprint density at radius 1 is 1.31 bits per heavy atom. The zero-order chi connectivity index (χ0) is 10.3. The van der Waals surface area contributed by atoms with Gasteiger partial charge < -0.3 is 10.1 Å². The summed E-state index contributed by atoms with van der Waals surface area (Å²) in [7, 11) is 0. The topological polar surface area (TPSA) is 21.3 Å². The number of nitrogens with one attached hydrogen (secondary N) is 1. The van der Waals surface area contributed by atoms with Gasteiger partial charge in [0.15, 0.2) is 0 Å². The molecule has 0 aliphatic carbocycles. The first-order valence-electron chi connectivity index (χ1n) is 5.36. The largest absolute Gasteiger partial charge is 0.375 e. The summed E-state index contributed by atoms with van der Waals surface area (Å²) in [4.78, 5) is 0. The van der Waals surface area contributed by atoms with E-state index in [2.05, 4.69) is 33.0 Å². The second kappa shape index (κ2) is 6.39. The van der Waals surface area contributed by atoms with Gasteiger partial charge in [0.05, 0.1) is 5.60 Å². The first-order chi connectivity index (χ1) is 6.02. The van der Waals surface area contributed by atoms with Crippen molar-refractivity contribution in [2.45, 2.75) is 46.6 Å². The Labute approximate surface area is 83.1 Å². The molecule has 0 aromatic heterocycles. The minimum absolute atomic E-state index is 0.0256. The predicted octanol–water partition coefficient (Wildman–Crippen LogP) is 2.44. The monoisotopic (exact) mass is 187 g/mol. The maximum absolute atomic E-state index is 5.58. The molecular formula is C11H25NO. The standard InChI is InChI=1S/C11H25NO/c1-6-10(3)8-12-9-11(4,5)13-7-2/h10,12H,6-9H2,1-5H3. The van der Waals surface area contributed by atoms with E-state index in [1.165, 1.54) is 6.42 Å². The van der Waals surface area contributed by atoms with Crippen molar-refractivity contribution in [3.63, 3.8) is 0 Å². The van der Waals surface area contributed by atoms with E-state index in [4.69, 9.17) is 4.74 Å².